The van der Waals surface area contributed by atoms with Gasteiger partial charge in [0.25, 0.3) is 0 Å². The zero-order valence-corrected chi connectivity index (χ0v) is 20.0. The highest BCUT2D eigenvalue weighted by molar-refractivity contribution is 14.0. The van der Waals surface area contributed by atoms with Crippen LogP contribution >= 0.6 is 35.3 Å². The lowest BCUT2D eigenvalue weighted by Crippen LogP contribution is -2.37. The van der Waals surface area contributed by atoms with Gasteiger partial charge in [-0.15, -0.1) is 35.3 Å². The Morgan fingerprint density at radius 1 is 1.22 bits per heavy atom. The van der Waals surface area contributed by atoms with E-state index in [0.29, 0.717) is 12.5 Å². The molecule has 1 heterocycles. The highest BCUT2D eigenvalue weighted by atomic mass is 127. The van der Waals surface area contributed by atoms with E-state index in [9.17, 15) is 0 Å². The Labute approximate surface area is 184 Å². The Morgan fingerprint density at radius 2 is 1.96 bits per heavy atom. The van der Waals surface area contributed by atoms with Crippen LogP contribution in [0.2, 0.25) is 0 Å². The smallest absolute Gasteiger partial charge is 0.191 e. The van der Waals surface area contributed by atoms with E-state index >= 15 is 0 Å². The molecule has 2 rings (SSSR count). The first-order chi connectivity index (χ1) is 12.5. The topological polar surface area (TPSA) is 58.5 Å². The van der Waals surface area contributed by atoms with Crippen molar-refractivity contribution < 1.29 is 4.74 Å². The van der Waals surface area contributed by atoms with Crippen LogP contribution in [0.4, 0.5) is 0 Å². The summed E-state index contributed by atoms with van der Waals surface area (Å²) < 4.78 is 5.91. The molecule has 0 amide bonds. The summed E-state index contributed by atoms with van der Waals surface area (Å²) in [7, 11) is 1.79. The SMILES string of the molecule is CN=C(NCCc1nc(C)c(C)s1)NCc1ccccc1OCC(C)C.I. The van der Waals surface area contributed by atoms with Crippen molar-refractivity contribution >= 4 is 41.3 Å². The number of aliphatic imine (C=N–C) groups is 1. The van der Waals surface area contributed by atoms with Crippen LogP contribution in [0.1, 0.15) is 35.0 Å². The first-order valence-electron chi connectivity index (χ1n) is 9.07. The third kappa shape index (κ3) is 8.04. The fourth-order valence-corrected chi connectivity index (χ4v) is 3.31. The second kappa shape index (κ2) is 12.2. The molecule has 0 saturated carbocycles. The summed E-state index contributed by atoms with van der Waals surface area (Å²) in [6.07, 6.45) is 0.897. The van der Waals surface area contributed by atoms with Crippen molar-refractivity contribution in [1.82, 2.24) is 15.6 Å². The van der Waals surface area contributed by atoms with E-state index in [-0.39, 0.29) is 24.0 Å². The van der Waals surface area contributed by atoms with E-state index in [1.54, 1.807) is 18.4 Å². The van der Waals surface area contributed by atoms with Gasteiger partial charge in [-0.2, -0.15) is 0 Å². The second-order valence-corrected chi connectivity index (χ2v) is 7.95. The van der Waals surface area contributed by atoms with Gasteiger partial charge in [0.1, 0.15) is 5.75 Å². The van der Waals surface area contributed by atoms with E-state index in [0.717, 1.165) is 47.5 Å². The number of para-hydroxylation sites is 1. The zero-order valence-electron chi connectivity index (χ0n) is 16.8. The van der Waals surface area contributed by atoms with Gasteiger partial charge in [0.2, 0.25) is 0 Å². The van der Waals surface area contributed by atoms with Crippen molar-refractivity contribution in [3.63, 3.8) is 0 Å². The molecule has 7 heteroatoms. The molecule has 0 saturated heterocycles. The minimum Gasteiger partial charge on any atom is -0.493 e. The number of hydrogen-bond acceptors (Lipinski definition) is 4. The molecule has 0 aliphatic rings. The summed E-state index contributed by atoms with van der Waals surface area (Å²) in [6.45, 7) is 10.7. The zero-order chi connectivity index (χ0) is 18.9. The molecule has 5 nitrogen and oxygen atoms in total. The lowest BCUT2D eigenvalue weighted by molar-refractivity contribution is 0.268. The minimum absolute atomic E-state index is 0. The van der Waals surface area contributed by atoms with Crippen LogP contribution in [0.5, 0.6) is 5.75 Å². The Kier molecular flexibility index (Phi) is 10.7. The van der Waals surface area contributed by atoms with Crippen molar-refractivity contribution in [2.24, 2.45) is 10.9 Å². The molecule has 2 aromatic rings. The second-order valence-electron chi connectivity index (χ2n) is 6.66. The van der Waals surface area contributed by atoms with E-state index in [4.69, 9.17) is 4.74 Å². The summed E-state index contributed by atoms with van der Waals surface area (Å²) in [6, 6.07) is 8.13. The van der Waals surface area contributed by atoms with Gasteiger partial charge in [0.15, 0.2) is 5.96 Å². The van der Waals surface area contributed by atoms with Gasteiger partial charge < -0.3 is 15.4 Å². The maximum Gasteiger partial charge on any atom is 0.191 e. The van der Waals surface area contributed by atoms with Crippen LogP contribution < -0.4 is 15.4 Å². The van der Waals surface area contributed by atoms with Crippen LogP contribution in [0.15, 0.2) is 29.3 Å². The monoisotopic (exact) mass is 502 g/mol. The van der Waals surface area contributed by atoms with Crippen LogP contribution in [-0.4, -0.2) is 31.1 Å². The largest absolute Gasteiger partial charge is 0.493 e. The summed E-state index contributed by atoms with van der Waals surface area (Å²) >= 11 is 1.77. The maximum absolute atomic E-state index is 5.91. The number of rotatable bonds is 8. The van der Waals surface area contributed by atoms with Gasteiger partial charge in [-0.1, -0.05) is 32.0 Å². The third-order valence-corrected chi connectivity index (χ3v) is 5.05. The van der Waals surface area contributed by atoms with Crippen molar-refractivity contribution in [2.45, 2.75) is 40.7 Å². The van der Waals surface area contributed by atoms with Crippen molar-refractivity contribution in [3.8, 4) is 5.75 Å². The number of guanidine groups is 1. The first-order valence-corrected chi connectivity index (χ1v) is 9.89. The summed E-state index contributed by atoms with van der Waals surface area (Å²) in [5, 5.41) is 7.87. The quantitative estimate of drug-likeness (QED) is 0.321. The normalized spacial score (nSPS) is 11.3. The molecule has 0 radical (unpaired) electrons. The Balaban J connectivity index is 0.00000364. The first kappa shape index (κ1) is 23.7. The van der Waals surface area contributed by atoms with E-state index < -0.39 is 0 Å². The van der Waals surface area contributed by atoms with E-state index in [1.807, 2.05) is 18.2 Å². The van der Waals surface area contributed by atoms with Gasteiger partial charge in [-0.05, 0) is 25.8 Å². The number of thiazole rings is 1. The molecule has 0 fully saturated rings. The van der Waals surface area contributed by atoms with Gasteiger partial charge in [0.05, 0.1) is 17.3 Å². The third-order valence-electron chi connectivity index (χ3n) is 3.92. The molecule has 0 bridgehead atoms. The van der Waals surface area contributed by atoms with Gasteiger partial charge in [-0.3, -0.25) is 4.99 Å². The average molecular weight is 502 g/mol. The number of nitrogens with zero attached hydrogens (tertiary/aromatic N) is 2. The highest BCUT2D eigenvalue weighted by Crippen LogP contribution is 2.18. The molecule has 1 aromatic carbocycles. The predicted octanol–water partition coefficient (Wildman–Crippen LogP) is 4.32. The number of nitrogens with one attached hydrogen (secondary N) is 2. The predicted molar refractivity (Wildman–Crippen MR) is 126 cm³/mol. The number of ether oxygens (including phenoxy) is 1. The van der Waals surface area contributed by atoms with Crippen molar-refractivity contribution in [2.75, 3.05) is 20.2 Å². The summed E-state index contributed by atoms with van der Waals surface area (Å²) in [5.74, 6) is 2.22. The standard InChI is InChI=1S/C20H30N4OS.HI/c1-14(2)13-25-18-9-7-6-8-17(18)12-23-20(21-5)22-11-10-19-24-15(3)16(4)26-19;/h6-9,14H,10-13H2,1-5H3,(H2,21,22,23);1H. The molecule has 27 heavy (non-hydrogen) atoms. The number of aryl methyl sites for hydroxylation is 2. The van der Waals surface area contributed by atoms with E-state index in [1.165, 1.54) is 4.88 Å². The number of hydrogen-bond donors (Lipinski definition) is 2. The number of aromatic nitrogens is 1. The van der Waals surface area contributed by atoms with E-state index in [2.05, 4.69) is 54.4 Å². The molecule has 0 aliphatic carbocycles. The molecule has 0 atom stereocenters. The molecular weight excluding hydrogens is 471 g/mol. The Hall–Kier alpha value is -1.35. The average Bonchev–Trinajstić information content (AvgIpc) is 2.94. The van der Waals surface area contributed by atoms with Gasteiger partial charge in [0, 0.05) is 37.0 Å². The molecule has 150 valence electrons. The molecule has 1 aromatic heterocycles. The molecule has 2 N–H and O–H groups in total. The van der Waals surface area contributed by atoms with Crippen LogP contribution in [-0.2, 0) is 13.0 Å². The fourth-order valence-electron chi connectivity index (χ4n) is 2.38. The molecular formula is C20H31IN4OS. The molecule has 0 spiro atoms. The fraction of sp³-hybridized carbons (Fsp3) is 0.500. The van der Waals surface area contributed by atoms with Crippen LogP contribution in [0.3, 0.4) is 0 Å². The summed E-state index contributed by atoms with van der Waals surface area (Å²) in [5.41, 5.74) is 2.26. The van der Waals surface area contributed by atoms with Crippen molar-refractivity contribution in [1.29, 1.82) is 0 Å². The molecule has 0 unspecified atom stereocenters. The van der Waals surface area contributed by atoms with Crippen molar-refractivity contribution in [3.05, 3.63) is 45.4 Å². The Bertz CT molecular complexity index is 711. The van der Waals surface area contributed by atoms with Crippen LogP contribution in [0.25, 0.3) is 0 Å². The summed E-state index contributed by atoms with van der Waals surface area (Å²) in [4.78, 5) is 10.2. The molecule has 0 aliphatic heterocycles. The van der Waals surface area contributed by atoms with Gasteiger partial charge in [-0.25, -0.2) is 4.98 Å². The number of benzene rings is 1. The maximum atomic E-state index is 5.91. The highest BCUT2D eigenvalue weighted by Gasteiger charge is 2.07. The minimum atomic E-state index is 0. The lowest BCUT2D eigenvalue weighted by atomic mass is 10.2. The number of halogens is 1. The van der Waals surface area contributed by atoms with Gasteiger partial charge >= 0.3 is 0 Å². The Morgan fingerprint density at radius 3 is 2.59 bits per heavy atom. The van der Waals surface area contributed by atoms with Crippen LogP contribution in [0, 0.1) is 19.8 Å². The lowest BCUT2D eigenvalue weighted by Gasteiger charge is -2.15.